The van der Waals surface area contributed by atoms with E-state index in [4.69, 9.17) is 0 Å². The van der Waals surface area contributed by atoms with Crippen LogP contribution in [0.1, 0.15) is 16.0 Å². The Bertz CT molecular complexity index is 1000. The number of hydrogen-bond acceptors (Lipinski definition) is 4. The average Bonchev–Trinajstić information content (AvgIpc) is 3.17. The van der Waals surface area contributed by atoms with Gasteiger partial charge in [0, 0.05) is 43.2 Å². The number of carbonyl (C=O) groups is 1. The molecule has 1 aliphatic heterocycles. The zero-order chi connectivity index (χ0) is 18.8. The molecular weight excluding hydrogens is 358 g/mol. The van der Waals surface area contributed by atoms with E-state index in [1.165, 1.54) is 0 Å². The lowest BCUT2D eigenvalue weighted by Crippen LogP contribution is -2.49. The van der Waals surface area contributed by atoms with Gasteiger partial charge in [-0.3, -0.25) is 14.5 Å². The maximum Gasteiger partial charge on any atom is 0.252 e. The molecular formula is C21H23N3O2S. The van der Waals surface area contributed by atoms with Gasteiger partial charge in [0.25, 0.3) is 5.56 Å². The van der Waals surface area contributed by atoms with Gasteiger partial charge < -0.3 is 9.88 Å². The minimum absolute atomic E-state index is 0.0204. The molecule has 5 nitrogen and oxygen atoms in total. The Kier molecular flexibility index (Phi) is 5.09. The molecule has 1 saturated heterocycles. The molecule has 0 bridgehead atoms. The highest BCUT2D eigenvalue weighted by molar-refractivity contribution is 7.10. The molecule has 1 amide bonds. The van der Waals surface area contributed by atoms with Crippen LogP contribution in [0.2, 0.25) is 0 Å². The van der Waals surface area contributed by atoms with Crippen LogP contribution in [-0.4, -0.2) is 46.9 Å². The molecule has 140 valence electrons. The van der Waals surface area contributed by atoms with Gasteiger partial charge in [0.1, 0.15) is 0 Å². The zero-order valence-corrected chi connectivity index (χ0v) is 16.2. The molecule has 1 fully saturated rings. The minimum Gasteiger partial charge on any atom is -0.340 e. The standard InChI is InChI=1S/C21H23N3O2S/c1-15-4-2-5-16-12-17(21(26)22-20(15)16)14-23-7-9-24(10-8-23)19(25)13-18-6-3-11-27-18/h2-6,11-12H,7-10,13-14H2,1H3,(H,22,26). The first kappa shape index (κ1) is 17.9. The molecule has 1 aromatic carbocycles. The first-order valence-corrected chi connectivity index (χ1v) is 10.1. The van der Waals surface area contributed by atoms with Crippen LogP contribution in [-0.2, 0) is 17.8 Å². The lowest BCUT2D eigenvalue weighted by atomic mass is 10.1. The van der Waals surface area contributed by atoms with E-state index in [-0.39, 0.29) is 11.5 Å². The molecule has 1 N–H and O–H groups in total. The van der Waals surface area contributed by atoms with Crippen LogP contribution in [0.5, 0.6) is 0 Å². The van der Waals surface area contributed by atoms with Crippen LogP contribution in [0.4, 0.5) is 0 Å². The average molecular weight is 382 g/mol. The minimum atomic E-state index is -0.0204. The van der Waals surface area contributed by atoms with Gasteiger partial charge in [-0.1, -0.05) is 24.3 Å². The molecule has 6 heteroatoms. The molecule has 0 atom stereocenters. The van der Waals surface area contributed by atoms with Gasteiger partial charge >= 0.3 is 0 Å². The highest BCUT2D eigenvalue weighted by Gasteiger charge is 2.22. The summed E-state index contributed by atoms with van der Waals surface area (Å²) in [4.78, 5) is 33.2. The molecule has 3 heterocycles. The molecule has 0 saturated carbocycles. The van der Waals surface area contributed by atoms with Crippen molar-refractivity contribution in [2.45, 2.75) is 19.9 Å². The van der Waals surface area contributed by atoms with Crippen LogP contribution in [0, 0.1) is 6.92 Å². The number of hydrogen-bond donors (Lipinski definition) is 1. The fraction of sp³-hybridized carbons (Fsp3) is 0.333. The number of fused-ring (bicyclic) bond motifs is 1. The monoisotopic (exact) mass is 381 g/mol. The van der Waals surface area contributed by atoms with Crippen LogP contribution >= 0.6 is 11.3 Å². The lowest BCUT2D eigenvalue weighted by Gasteiger charge is -2.34. The number of piperazine rings is 1. The maximum atomic E-state index is 12.5. The second-order valence-corrected chi connectivity index (χ2v) is 8.11. The molecule has 0 spiro atoms. The number of rotatable bonds is 4. The number of amides is 1. The fourth-order valence-electron chi connectivity index (χ4n) is 3.62. The third-order valence-corrected chi connectivity index (χ3v) is 6.07. The predicted octanol–water partition coefficient (Wildman–Crippen LogP) is 2.78. The highest BCUT2D eigenvalue weighted by Crippen LogP contribution is 2.17. The Hall–Kier alpha value is -2.44. The van der Waals surface area contributed by atoms with E-state index in [9.17, 15) is 9.59 Å². The van der Waals surface area contributed by atoms with Crippen molar-refractivity contribution in [3.05, 3.63) is 68.1 Å². The third-order valence-electron chi connectivity index (χ3n) is 5.19. The highest BCUT2D eigenvalue weighted by atomic mass is 32.1. The van der Waals surface area contributed by atoms with E-state index >= 15 is 0 Å². The van der Waals surface area contributed by atoms with E-state index in [1.54, 1.807) is 11.3 Å². The Labute approximate surface area is 162 Å². The molecule has 0 unspecified atom stereocenters. The molecule has 3 aromatic rings. The molecule has 0 aliphatic carbocycles. The Morgan fingerprint density at radius 2 is 1.96 bits per heavy atom. The van der Waals surface area contributed by atoms with Crippen molar-refractivity contribution < 1.29 is 4.79 Å². The summed E-state index contributed by atoms with van der Waals surface area (Å²) < 4.78 is 0. The molecule has 27 heavy (non-hydrogen) atoms. The summed E-state index contributed by atoms with van der Waals surface area (Å²) in [6.45, 7) is 5.64. The molecule has 2 aromatic heterocycles. The van der Waals surface area contributed by atoms with Crippen molar-refractivity contribution in [3.63, 3.8) is 0 Å². The van der Waals surface area contributed by atoms with Crippen molar-refractivity contribution in [2.24, 2.45) is 0 Å². The maximum absolute atomic E-state index is 12.5. The van der Waals surface area contributed by atoms with E-state index in [1.807, 2.05) is 53.6 Å². The number of nitrogens with zero attached hydrogens (tertiary/aromatic N) is 2. The molecule has 0 radical (unpaired) electrons. The summed E-state index contributed by atoms with van der Waals surface area (Å²) in [7, 11) is 0. The number of carbonyl (C=O) groups excluding carboxylic acids is 1. The van der Waals surface area contributed by atoms with Gasteiger partial charge in [0.2, 0.25) is 5.91 Å². The summed E-state index contributed by atoms with van der Waals surface area (Å²) in [6.07, 6.45) is 0.487. The normalized spacial score (nSPS) is 15.4. The van der Waals surface area contributed by atoms with Crippen molar-refractivity contribution in [3.8, 4) is 0 Å². The van der Waals surface area contributed by atoms with Gasteiger partial charge in [-0.2, -0.15) is 0 Å². The van der Waals surface area contributed by atoms with Gasteiger partial charge in [-0.15, -0.1) is 11.3 Å². The van der Waals surface area contributed by atoms with E-state index in [0.29, 0.717) is 13.0 Å². The SMILES string of the molecule is Cc1cccc2cc(CN3CCN(C(=O)Cc4cccs4)CC3)c(=O)[nH]c12. The first-order valence-electron chi connectivity index (χ1n) is 9.24. The largest absolute Gasteiger partial charge is 0.340 e. The van der Waals surface area contributed by atoms with Crippen molar-refractivity contribution in [1.29, 1.82) is 0 Å². The number of para-hydroxylation sites is 1. The van der Waals surface area contributed by atoms with Crippen LogP contribution in [0.25, 0.3) is 10.9 Å². The Morgan fingerprint density at radius 1 is 1.15 bits per heavy atom. The first-order chi connectivity index (χ1) is 13.1. The second kappa shape index (κ2) is 7.66. The van der Waals surface area contributed by atoms with Crippen molar-refractivity contribution in [2.75, 3.05) is 26.2 Å². The number of aryl methyl sites for hydroxylation is 1. The van der Waals surface area contributed by atoms with Gasteiger partial charge in [0.15, 0.2) is 0 Å². The number of H-pyrrole nitrogens is 1. The summed E-state index contributed by atoms with van der Waals surface area (Å²) in [5.74, 6) is 0.191. The molecule has 1 aliphatic rings. The second-order valence-electron chi connectivity index (χ2n) is 7.08. The zero-order valence-electron chi connectivity index (χ0n) is 15.4. The van der Waals surface area contributed by atoms with E-state index in [2.05, 4.69) is 9.88 Å². The summed E-state index contributed by atoms with van der Waals surface area (Å²) in [5.41, 5.74) is 2.75. The van der Waals surface area contributed by atoms with Crippen LogP contribution < -0.4 is 5.56 Å². The number of pyridine rings is 1. The summed E-state index contributed by atoms with van der Waals surface area (Å²) in [6, 6.07) is 12.0. The molecule has 4 rings (SSSR count). The predicted molar refractivity (Wildman–Crippen MR) is 109 cm³/mol. The van der Waals surface area contributed by atoms with Gasteiger partial charge in [0.05, 0.1) is 11.9 Å². The smallest absolute Gasteiger partial charge is 0.252 e. The topological polar surface area (TPSA) is 56.4 Å². The number of aromatic amines is 1. The Balaban J connectivity index is 1.39. The number of aromatic nitrogens is 1. The number of thiophene rings is 1. The number of benzene rings is 1. The fourth-order valence-corrected chi connectivity index (χ4v) is 4.31. The van der Waals surface area contributed by atoms with Crippen LogP contribution in [0.15, 0.2) is 46.6 Å². The van der Waals surface area contributed by atoms with Crippen LogP contribution in [0.3, 0.4) is 0 Å². The van der Waals surface area contributed by atoms with E-state index in [0.717, 1.165) is 53.1 Å². The quantitative estimate of drug-likeness (QED) is 0.756. The Morgan fingerprint density at radius 3 is 2.70 bits per heavy atom. The summed E-state index contributed by atoms with van der Waals surface area (Å²) in [5, 5.41) is 3.07. The number of nitrogens with one attached hydrogen (secondary N) is 1. The van der Waals surface area contributed by atoms with E-state index < -0.39 is 0 Å². The van der Waals surface area contributed by atoms with Gasteiger partial charge in [-0.25, -0.2) is 0 Å². The lowest BCUT2D eigenvalue weighted by molar-refractivity contribution is -0.132. The van der Waals surface area contributed by atoms with Crippen molar-refractivity contribution >= 4 is 28.1 Å². The third kappa shape index (κ3) is 3.96. The van der Waals surface area contributed by atoms with Crippen molar-refractivity contribution in [1.82, 2.24) is 14.8 Å². The van der Waals surface area contributed by atoms with Gasteiger partial charge in [-0.05, 0) is 35.4 Å². The summed E-state index contributed by atoms with van der Waals surface area (Å²) >= 11 is 1.62.